The van der Waals surface area contributed by atoms with E-state index in [9.17, 15) is 0 Å². The molecular formula is C66H55BN4. The number of rotatable bonds is 7. The Labute approximate surface area is 419 Å². The maximum Gasteiger partial charge on any atom is 0.252 e. The van der Waals surface area contributed by atoms with Gasteiger partial charge in [-0.3, -0.25) is 0 Å². The first-order valence-electron chi connectivity index (χ1n) is 24.8. The summed E-state index contributed by atoms with van der Waals surface area (Å²) in [5.41, 5.74) is 24.2. The Morgan fingerprint density at radius 2 is 0.732 bits per heavy atom. The zero-order valence-electron chi connectivity index (χ0n) is 41.2. The zero-order chi connectivity index (χ0) is 48.4. The lowest BCUT2D eigenvalue weighted by molar-refractivity contribution is 0.590. The van der Waals surface area contributed by atoms with Crippen molar-refractivity contribution < 1.29 is 0 Å². The van der Waals surface area contributed by atoms with Gasteiger partial charge < -0.3 is 9.80 Å². The van der Waals surface area contributed by atoms with Crippen LogP contribution in [0, 0.1) is 0 Å². The molecule has 10 aromatic rings. The summed E-state index contributed by atoms with van der Waals surface area (Å²) in [5.74, 6) is 0. The van der Waals surface area contributed by atoms with E-state index in [0.29, 0.717) is 0 Å². The fraction of sp³-hybridized carbons (Fsp3) is 0.121. The van der Waals surface area contributed by atoms with Crippen molar-refractivity contribution in [1.29, 1.82) is 0 Å². The molecule has 0 saturated heterocycles. The maximum absolute atomic E-state index is 4.95. The summed E-state index contributed by atoms with van der Waals surface area (Å²) >= 11 is 0. The van der Waals surface area contributed by atoms with Crippen LogP contribution in [0.3, 0.4) is 0 Å². The third-order valence-electron chi connectivity index (χ3n) is 14.5. The summed E-state index contributed by atoms with van der Waals surface area (Å²) < 4.78 is 0. The normalized spacial score (nSPS) is 12.8. The Kier molecular flexibility index (Phi) is 10.7. The first-order valence-corrected chi connectivity index (χ1v) is 24.8. The predicted octanol–water partition coefficient (Wildman–Crippen LogP) is 15.5. The third kappa shape index (κ3) is 8.02. The third-order valence-corrected chi connectivity index (χ3v) is 14.5. The summed E-state index contributed by atoms with van der Waals surface area (Å²) in [4.78, 5) is 14.5. The lowest BCUT2D eigenvalue weighted by Crippen LogP contribution is -2.61. The first kappa shape index (κ1) is 44.0. The summed E-state index contributed by atoms with van der Waals surface area (Å²) in [6.45, 7) is 13.8. The van der Waals surface area contributed by atoms with Gasteiger partial charge in [-0.15, -0.1) is 0 Å². The molecule has 2 aliphatic heterocycles. The molecule has 342 valence electrons. The van der Waals surface area contributed by atoms with Crippen molar-refractivity contribution in [3.8, 4) is 55.8 Å². The molecule has 0 radical (unpaired) electrons. The number of nitrogens with zero attached hydrogens (tertiary/aromatic N) is 4. The van der Waals surface area contributed by atoms with Crippen molar-refractivity contribution in [3.05, 3.63) is 236 Å². The number of benzene rings is 9. The van der Waals surface area contributed by atoms with Gasteiger partial charge in [-0.25, -0.2) is 9.97 Å². The summed E-state index contributed by atoms with van der Waals surface area (Å²) in [6, 6.07) is 78.8. The standard InChI is InChI=1S/C66H55BN4/c1-65(2,3)53-27-29-57-60(41-53)70(55-35-48(44-19-11-7-12-20-44)33-49(36-55)45-21-13-8-14-22-45)62-39-52(59-31-32-68-43-69-59)40-63-64(62)67(57)58-30-28-54(66(4,5)6)42-61(58)71(63)56-37-50(46-23-15-9-16-24-46)34-51(38-56)47-25-17-10-18-26-47/h7-43H,1-6H3. The molecule has 0 bridgehead atoms. The highest BCUT2D eigenvalue weighted by molar-refractivity contribution is 7.00. The second kappa shape index (κ2) is 17.3. The molecule has 4 nitrogen and oxygen atoms in total. The van der Waals surface area contributed by atoms with Gasteiger partial charge in [0.25, 0.3) is 6.71 Å². The number of hydrogen-bond acceptors (Lipinski definition) is 4. The van der Waals surface area contributed by atoms with Crippen LogP contribution >= 0.6 is 0 Å². The van der Waals surface area contributed by atoms with E-state index in [-0.39, 0.29) is 17.5 Å². The molecule has 0 fully saturated rings. The molecule has 0 N–H and O–H groups in total. The molecule has 12 rings (SSSR count). The number of hydrogen-bond donors (Lipinski definition) is 0. The predicted molar refractivity (Wildman–Crippen MR) is 301 cm³/mol. The number of anilines is 6. The minimum atomic E-state index is -0.0981. The smallest absolute Gasteiger partial charge is 0.252 e. The minimum absolute atomic E-state index is 0.0724. The molecular weight excluding hydrogens is 860 g/mol. The Hall–Kier alpha value is -8.28. The van der Waals surface area contributed by atoms with E-state index in [2.05, 4.69) is 263 Å². The van der Waals surface area contributed by atoms with Crippen molar-refractivity contribution in [2.24, 2.45) is 0 Å². The van der Waals surface area contributed by atoms with Crippen LogP contribution in [0.25, 0.3) is 55.8 Å². The van der Waals surface area contributed by atoms with Crippen molar-refractivity contribution in [3.63, 3.8) is 0 Å². The molecule has 0 aliphatic carbocycles. The van der Waals surface area contributed by atoms with Gasteiger partial charge in [0.2, 0.25) is 0 Å². The van der Waals surface area contributed by atoms with E-state index in [1.54, 1.807) is 6.33 Å². The van der Waals surface area contributed by atoms with E-state index >= 15 is 0 Å². The molecule has 71 heavy (non-hydrogen) atoms. The van der Waals surface area contributed by atoms with Gasteiger partial charge in [-0.1, -0.05) is 187 Å². The summed E-state index contributed by atoms with van der Waals surface area (Å²) in [7, 11) is 0. The van der Waals surface area contributed by atoms with Crippen molar-refractivity contribution in [2.75, 3.05) is 9.80 Å². The average molecular weight is 915 g/mol. The van der Waals surface area contributed by atoms with Crippen LogP contribution in [0.2, 0.25) is 0 Å². The van der Waals surface area contributed by atoms with Gasteiger partial charge >= 0.3 is 0 Å². The van der Waals surface area contributed by atoms with Crippen LogP contribution in [0.4, 0.5) is 34.1 Å². The van der Waals surface area contributed by atoms with Crippen LogP contribution in [0.15, 0.2) is 225 Å². The van der Waals surface area contributed by atoms with Crippen molar-refractivity contribution in [2.45, 2.75) is 52.4 Å². The fourth-order valence-electron chi connectivity index (χ4n) is 10.8. The molecule has 0 saturated carbocycles. The van der Waals surface area contributed by atoms with Gasteiger partial charge in [0.05, 0.1) is 5.69 Å². The lowest BCUT2D eigenvalue weighted by Gasteiger charge is -2.45. The fourth-order valence-corrected chi connectivity index (χ4v) is 10.8. The zero-order valence-corrected chi connectivity index (χ0v) is 41.2. The molecule has 5 heteroatoms. The monoisotopic (exact) mass is 914 g/mol. The Morgan fingerprint density at radius 3 is 1.07 bits per heavy atom. The van der Waals surface area contributed by atoms with E-state index in [4.69, 9.17) is 4.98 Å². The minimum Gasteiger partial charge on any atom is -0.311 e. The first-order chi connectivity index (χ1) is 34.5. The van der Waals surface area contributed by atoms with Gasteiger partial charge in [-0.2, -0.15) is 0 Å². The second-order valence-electron chi connectivity index (χ2n) is 21.2. The van der Waals surface area contributed by atoms with E-state index in [1.807, 2.05) is 12.3 Å². The lowest BCUT2D eigenvalue weighted by atomic mass is 9.33. The topological polar surface area (TPSA) is 32.3 Å². The van der Waals surface area contributed by atoms with Crippen LogP contribution in [-0.4, -0.2) is 16.7 Å². The number of fused-ring (bicyclic) bond motifs is 4. The van der Waals surface area contributed by atoms with Gasteiger partial charge in [0.1, 0.15) is 6.33 Å². The molecule has 0 atom stereocenters. The van der Waals surface area contributed by atoms with Crippen molar-refractivity contribution >= 4 is 57.2 Å². The van der Waals surface area contributed by atoms with Crippen LogP contribution in [-0.2, 0) is 10.8 Å². The van der Waals surface area contributed by atoms with E-state index < -0.39 is 0 Å². The SMILES string of the molecule is CC(C)(C)c1ccc2c(c1)N(c1cc(-c3ccccc3)cc(-c3ccccc3)c1)c1cc(-c3ccncn3)cc3c1B2c1ccc(C(C)(C)C)cc1N3c1cc(-c2ccccc2)cc(-c2ccccc2)c1. The molecule has 3 heterocycles. The molecule has 2 aliphatic rings. The highest BCUT2D eigenvalue weighted by Gasteiger charge is 2.44. The highest BCUT2D eigenvalue weighted by Crippen LogP contribution is 2.49. The molecule has 0 unspecified atom stereocenters. The Morgan fingerprint density at radius 1 is 0.352 bits per heavy atom. The second-order valence-corrected chi connectivity index (χ2v) is 21.2. The average Bonchev–Trinajstić information content (AvgIpc) is 3.40. The molecule has 1 aromatic heterocycles. The Balaban J connectivity index is 1.22. The largest absolute Gasteiger partial charge is 0.311 e. The Bertz CT molecular complexity index is 3270. The van der Waals surface area contributed by atoms with Crippen LogP contribution in [0.5, 0.6) is 0 Å². The summed E-state index contributed by atoms with van der Waals surface area (Å²) in [5, 5.41) is 0. The van der Waals surface area contributed by atoms with Gasteiger partial charge in [0.15, 0.2) is 0 Å². The quantitative estimate of drug-likeness (QED) is 0.149. The molecule has 0 spiro atoms. The van der Waals surface area contributed by atoms with Crippen LogP contribution < -0.4 is 26.2 Å². The van der Waals surface area contributed by atoms with Gasteiger partial charge in [-0.05, 0) is 150 Å². The maximum atomic E-state index is 4.95. The van der Waals surface area contributed by atoms with E-state index in [1.165, 1.54) is 61.1 Å². The summed E-state index contributed by atoms with van der Waals surface area (Å²) in [6.07, 6.45) is 3.52. The van der Waals surface area contributed by atoms with E-state index in [0.717, 1.165) is 56.3 Å². The highest BCUT2D eigenvalue weighted by atomic mass is 15.2. The molecule has 9 aromatic carbocycles. The number of aromatic nitrogens is 2. The van der Waals surface area contributed by atoms with Crippen LogP contribution in [0.1, 0.15) is 52.7 Å². The van der Waals surface area contributed by atoms with Gasteiger partial charge in [0, 0.05) is 45.9 Å². The molecule has 0 amide bonds. The van der Waals surface area contributed by atoms with Crippen molar-refractivity contribution in [1.82, 2.24) is 9.97 Å².